The number of benzene rings is 1. The molecular formula is C21H20N6O3. The van der Waals surface area contributed by atoms with E-state index in [1.54, 1.807) is 37.5 Å². The lowest BCUT2D eigenvalue weighted by Crippen LogP contribution is -2.03. The van der Waals surface area contributed by atoms with Crippen LogP contribution in [0.4, 0.5) is 0 Å². The normalized spacial score (nSPS) is 11.4. The van der Waals surface area contributed by atoms with Gasteiger partial charge < -0.3 is 13.9 Å². The van der Waals surface area contributed by atoms with Crippen molar-refractivity contribution in [2.75, 3.05) is 14.2 Å². The highest BCUT2D eigenvalue weighted by molar-refractivity contribution is 5.88. The molecule has 30 heavy (non-hydrogen) atoms. The summed E-state index contributed by atoms with van der Waals surface area (Å²) in [7, 11) is 3.28. The number of hydrogen-bond donors (Lipinski definition) is 0. The molecular weight excluding hydrogens is 384 g/mol. The van der Waals surface area contributed by atoms with Crippen LogP contribution in [0.25, 0.3) is 28.3 Å². The molecule has 0 amide bonds. The molecule has 0 bridgehead atoms. The van der Waals surface area contributed by atoms with Crippen LogP contribution < -0.4 is 9.47 Å². The van der Waals surface area contributed by atoms with E-state index in [0.717, 1.165) is 41.9 Å². The van der Waals surface area contributed by atoms with E-state index >= 15 is 0 Å². The summed E-state index contributed by atoms with van der Waals surface area (Å²) in [6.45, 7) is 0.736. The van der Waals surface area contributed by atoms with Gasteiger partial charge in [-0.15, -0.1) is 5.10 Å². The number of aromatic nitrogens is 6. The lowest BCUT2D eigenvalue weighted by atomic mass is 10.1. The van der Waals surface area contributed by atoms with Crippen molar-refractivity contribution in [1.82, 2.24) is 29.4 Å². The Kier molecular flexibility index (Phi) is 4.55. The molecule has 0 aliphatic heterocycles. The number of fused-ring (bicyclic) bond motifs is 3. The van der Waals surface area contributed by atoms with Gasteiger partial charge in [0, 0.05) is 6.54 Å². The molecule has 0 aliphatic carbocycles. The second-order valence-corrected chi connectivity index (χ2v) is 6.82. The molecule has 5 aromatic rings. The number of furan rings is 1. The molecule has 0 aliphatic rings. The average molecular weight is 404 g/mol. The van der Waals surface area contributed by atoms with Gasteiger partial charge in [0.2, 0.25) is 5.82 Å². The Bertz CT molecular complexity index is 1310. The van der Waals surface area contributed by atoms with Gasteiger partial charge in [0.15, 0.2) is 28.6 Å². The van der Waals surface area contributed by atoms with E-state index in [4.69, 9.17) is 13.9 Å². The van der Waals surface area contributed by atoms with Crippen LogP contribution in [-0.2, 0) is 13.0 Å². The number of methoxy groups -OCH3 is 2. The zero-order valence-electron chi connectivity index (χ0n) is 16.6. The highest BCUT2D eigenvalue weighted by Gasteiger charge is 2.14. The first-order valence-corrected chi connectivity index (χ1v) is 9.58. The lowest BCUT2D eigenvalue weighted by molar-refractivity contribution is 0.354. The smallest absolute Gasteiger partial charge is 0.217 e. The second kappa shape index (κ2) is 7.51. The Hall–Kier alpha value is -3.88. The van der Waals surface area contributed by atoms with E-state index in [9.17, 15) is 0 Å². The van der Waals surface area contributed by atoms with Crippen molar-refractivity contribution < 1.29 is 13.9 Å². The van der Waals surface area contributed by atoms with Crippen molar-refractivity contribution in [1.29, 1.82) is 0 Å². The summed E-state index contributed by atoms with van der Waals surface area (Å²) in [5.74, 6) is 2.61. The first kappa shape index (κ1) is 18.2. The molecule has 0 spiro atoms. The second-order valence-electron chi connectivity index (χ2n) is 6.82. The van der Waals surface area contributed by atoms with Crippen LogP contribution in [0, 0.1) is 0 Å². The number of ether oxygens (including phenoxy) is 2. The summed E-state index contributed by atoms with van der Waals surface area (Å²) in [6, 6.07) is 9.63. The molecule has 0 atom stereocenters. The van der Waals surface area contributed by atoms with Crippen molar-refractivity contribution in [2.45, 2.75) is 19.4 Å². The third-order valence-corrected chi connectivity index (χ3v) is 5.00. The first-order chi connectivity index (χ1) is 14.8. The Balaban J connectivity index is 1.36. The summed E-state index contributed by atoms with van der Waals surface area (Å²) in [5.41, 5.74) is 2.67. The lowest BCUT2D eigenvalue weighted by Gasteiger charge is -2.09. The van der Waals surface area contributed by atoms with E-state index in [1.807, 2.05) is 28.9 Å². The predicted molar refractivity (Wildman–Crippen MR) is 110 cm³/mol. The van der Waals surface area contributed by atoms with Gasteiger partial charge in [0.1, 0.15) is 6.33 Å². The average Bonchev–Trinajstić information content (AvgIpc) is 3.52. The maximum atomic E-state index is 5.40. The summed E-state index contributed by atoms with van der Waals surface area (Å²) >= 11 is 0. The van der Waals surface area contributed by atoms with Crippen molar-refractivity contribution in [2.24, 2.45) is 0 Å². The molecule has 0 saturated carbocycles. The molecule has 0 fully saturated rings. The molecule has 0 radical (unpaired) electrons. The van der Waals surface area contributed by atoms with Crippen LogP contribution in [0.2, 0.25) is 0 Å². The van der Waals surface area contributed by atoms with Gasteiger partial charge in [-0.2, -0.15) is 5.10 Å². The molecule has 0 unspecified atom stereocenters. The van der Waals surface area contributed by atoms with Crippen LogP contribution in [0.3, 0.4) is 0 Å². The highest BCUT2D eigenvalue weighted by atomic mass is 16.5. The predicted octanol–water partition coefficient (Wildman–Crippen LogP) is 3.38. The molecule has 9 nitrogen and oxygen atoms in total. The van der Waals surface area contributed by atoms with Gasteiger partial charge >= 0.3 is 0 Å². The fourth-order valence-electron chi connectivity index (χ4n) is 3.51. The van der Waals surface area contributed by atoms with Crippen LogP contribution in [-0.4, -0.2) is 43.6 Å². The number of aryl methyl sites for hydroxylation is 2. The molecule has 5 rings (SSSR count). The fourth-order valence-corrected chi connectivity index (χ4v) is 3.51. The monoisotopic (exact) mass is 404 g/mol. The largest absolute Gasteiger partial charge is 0.493 e. The van der Waals surface area contributed by atoms with E-state index in [-0.39, 0.29) is 0 Å². The first-order valence-electron chi connectivity index (χ1n) is 9.58. The number of hydrogen-bond acceptors (Lipinski definition) is 7. The summed E-state index contributed by atoms with van der Waals surface area (Å²) in [4.78, 5) is 9.13. The minimum atomic E-state index is 0.524. The van der Waals surface area contributed by atoms with Gasteiger partial charge in [0.05, 0.1) is 32.1 Å². The summed E-state index contributed by atoms with van der Waals surface area (Å²) in [6.07, 6.45) is 6.84. The van der Waals surface area contributed by atoms with Crippen molar-refractivity contribution >= 4 is 16.7 Å². The third-order valence-electron chi connectivity index (χ3n) is 5.00. The Morgan fingerprint density at radius 2 is 1.97 bits per heavy atom. The Labute approximate surface area is 171 Å². The third kappa shape index (κ3) is 3.14. The van der Waals surface area contributed by atoms with Crippen LogP contribution in [0.5, 0.6) is 11.5 Å². The Morgan fingerprint density at radius 1 is 1.07 bits per heavy atom. The minimum absolute atomic E-state index is 0.524. The summed E-state index contributed by atoms with van der Waals surface area (Å²) in [5, 5.41) is 9.81. The van der Waals surface area contributed by atoms with Crippen LogP contribution in [0.15, 0.2) is 53.5 Å². The van der Waals surface area contributed by atoms with Crippen molar-refractivity contribution in [3.8, 4) is 23.1 Å². The van der Waals surface area contributed by atoms with Gasteiger partial charge in [-0.05, 0) is 42.7 Å². The van der Waals surface area contributed by atoms with Crippen LogP contribution in [0.1, 0.15) is 12.0 Å². The van der Waals surface area contributed by atoms with Gasteiger partial charge in [-0.25, -0.2) is 19.2 Å². The van der Waals surface area contributed by atoms with Gasteiger partial charge in [0.25, 0.3) is 0 Å². The topological polar surface area (TPSA) is 92.5 Å². The SMILES string of the molecule is COc1ccc(CCCn2ncc3c2ncn2nc(-c4ccco4)nc32)cc1OC. The number of rotatable bonds is 7. The molecule has 9 heteroatoms. The summed E-state index contributed by atoms with van der Waals surface area (Å²) < 4.78 is 19.6. The molecule has 0 saturated heterocycles. The molecule has 0 N–H and O–H groups in total. The maximum absolute atomic E-state index is 5.40. The van der Waals surface area contributed by atoms with E-state index in [1.165, 1.54) is 5.56 Å². The zero-order chi connectivity index (χ0) is 20.5. The van der Waals surface area contributed by atoms with E-state index in [2.05, 4.69) is 26.2 Å². The maximum Gasteiger partial charge on any atom is 0.217 e. The molecule has 1 aromatic carbocycles. The molecule has 4 aromatic heterocycles. The van der Waals surface area contributed by atoms with Crippen LogP contribution >= 0.6 is 0 Å². The van der Waals surface area contributed by atoms with Gasteiger partial charge in [-0.1, -0.05) is 6.07 Å². The number of nitrogens with zero attached hydrogens (tertiary/aromatic N) is 6. The van der Waals surface area contributed by atoms with E-state index < -0.39 is 0 Å². The van der Waals surface area contributed by atoms with E-state index in [0.29, 0.717) is 17.2 Å². The standard InChI is InChI=1S/C21H20N6O3/c1-28-16-8-7-14(11-18(16)29-2)5-3-9-26-20-15(12-23-26)21-24-19(17-6-4-10-30-17)25-27(21)13-22-20/h4,6-8,10-13H,3,5,9H2,1-2H3. The Morgan fingerprint density at radius 3 is 2.77 bits per heavy atom. The molecule has 4 heterocycles. The van der Waals surface area contributed by atoms with Gasteiger partial charge in [-0.3, -0.25) is 0 Å². The molecule has 152 valence electrons. The quantitative estimate of drug-likeness (QED) is 0.410. The highest BCUT2D eigenvalue weighted by Crippen LogP contribution is 2.28. The van der Waals surface area contributed by atoms with Crippen molar-refractivity contribution in [3.63, 3.8) is 0 Å². The van der Waals surface area contributed by atoms with Crippen molar-refractivity contribution in [3.05, 3.63) is 54.7 Å². The zero-order valence-corrected chi connectivity index (χ0v) is 16.6. The fraction of sp³-hybridized carbons (Fsp3) is 0.238. The minimum Gasteiger partial charge on any atom is -0.493 e.